The van der Waals surface area contributed by atoms with Crippen LogP contribution in [0.2, 0.25) is 0 Å². The number of esters is 1. The van der Waals surface area contributed by atoms with Crippen molar-refractivity contribution in [2.45, 2.75) is 6.04 Å². The largest absolute Gasteiger partial charge is 0.454 e. The summed E-state index contributed by atoms with van der Waals surface area (Å²) in [6, 6.07) is 5.24. The summed E-state index contributed by atoms with van der Waals surface area (Å²) in [5, 5.41) is 2.35. The van der Waals surface area contributed by atoms with Gasteiger partial charge >= 0.3 is 5.97 Å². The van der Waals surface area contributed by atoms with Crippen molar-refractivity contribution in [3.05, 3.63) is 35.4 Å². The lowest BCUT2D eigenvalue weighted by molar-refractivity contribution is -0.151. The molecule has 1 aliphatic rings. The Hall–Kier alpha value is -2.79. The fourth-order valence-corrected chi connectivity index (χ4v) is 2.93. The van der Waals surface area contributed by atoms with Crippen LogP contribution in [0.15, 0.2) is 24.3 Å². The Balaban J connectivity index is 2.12. The molecule has 2 rings (SSSR count). The zero-order chi connectivity index (χ0) is 18.4. The van der Waals surface area contributed by atoms with E-state index < -0.39 is 36.3 Å². The maximum Gasteiger partial charge on any atom is 0.330 e. The number of terminal acetylenes is 1. The minimum Gasteiger partial charge on any atom is -0.454 e. The van der Waals surface area contributed by atoms with E-state index in [1.807, 2.05) is 0 Å². The molecule has 0 unspecified atom stereocenters. The Bertz CT molecular complexity index is 721. The number of ether oxygens (including phenoxy) is 1. The van der Waals surface area contributed by atoms with Crippen LogP contribution in [-0.4, -0.2) is 59.8 Å². The average Bonchev–Trinajstić information content (AvgIpc) is 2.87. The van der Waals surface area contributed by atoms with E-state index in [0.29, 0.717) is 0 Å². The number of nitrogens with zero attached hydrogens (tertiary/aromatic N) is 1. The normalized spacial score (nSPS) is 13.8. The zero-order valence-corrected chi connectivity index (χ0v) is 14.3. The molecule has 1 aromatic carbocycles. The third-order valence-electron chi connectivity index (χ3n) is 3.47. The second-order valence-electron chi connectivity index (χ2n) is 5.09. The summed E-state index contributed by atoms with van der Waals surface area (Å²) in [4.78, 5) is 49.7. The number of hydrogen-bond acceptors (Lipinski definition) is 6. The van der Waals surface area contributed by atoms with Crippen LogP contribution in [0.5, 0.6) is 0 Å². The van der Waals surface area contributed by atoms with Crippen molar-refractivity contribution in [3.63, 3.8) is 0 Å². The molecule has 1 heterocycles. The van der Waals surface area contributed by atoms with Gasteiger partial charge in [0.05, 0.1) is 17.7 Å². The first-order chi connectivity index (χ1) is 12.0. The van der Waals surface area contributed by atoms with Crippen molar-refractivity contribution in [2.75, 3.05) is 25.2 Å². The number of carbonyl (C=O) groups excluding carboxylic acids is 4. The highest BCUT2D eigenvalue weighted by atomic mass is 32.2. The van der Waals surface area contributed by atoms with Crippen LogP contribution in [0, 0.1) is 12.3 Å². The first-order valence-electron chi connectivity index (χ1n) is 7.34. The smallest absolute Gasteiger partial charge is 0.330 e. The van der Waals surface area contributed by atoms with Gasteiger partial charge in [-0.15, -0.1) is 6.42 Å². The van der Waals surface area contributed by atoms with E-state index in [0.717, 1.165) is 4.90 Å². The lowest BCUT2D eigenvalue weighted by Gasteiger charge is -2.23. The van der Waals surface area contributed by atoms with Crippen LogP contribution in [-0.2, 0) is 14.3 Å². The molecule has 0 aliphatic carbocycles. The van der Waals surface area contributed by atoms with Gasteiger partial charge in [-0.25, -0.2) is 4.79 Å². The van der Waals surface area contributed by atoms with Gasteiger partial charge in [0.25, 0.3) is 17.7 Å². The molecule has 7 nitrogen and oxygen atoms in total. The first kappa shape index (κ1) is 18.5. The molecule has 0 aromatic heterocycles. The van der Waals surface area contributed by atoms with Crippen molar-refractivity contribution in [2.24, 2.45) is 0 Å². The molecule has 130 valence electrons. The van der Waals surface area contributed by atoms with Gasteiger partial charge in [-0.3, -0.25) is 19.3 Å². The van der Waals surface area contributed by atoms with E-state index in [1.54, 1.807) is 18.4 Å². The van der Waals surface area contributed by atoms with Crippen molar-refractivity contribution >= 4 is 35.5 Å². The molecule has 0 radical (unpaired) electrons. The number of amides is 3. The first-order valence-corrected chi connectivity index (χ1v) is 8.73. The predicted molar refractivity (Wildman–Crippen MR) is 91.9 cm³/mol. The Kier molecular flexibility index (Phi) is 6.19. The van der Waals surface area contributed by atoms with Gasteiger partial charge in [-0.1, -0.05) is 18.1 Å². The maximum absolute atomic E-state index is 12.5. The minimum absolute atomic E-state index is 0.0169. The van der Waals surface area contributed by atoms with Gasteiger partial charge in [0.15, 0.2) is 6.61 Å². The molecule has 0 saturated carbocycles. The molecule has 0 saturated heterocycles. The number of carbonyl (C=O) groups is 4. The van der Waals surface area contributed by atoms with Gasteiger partial charge in [0, 0.05) is 5.75 Å². The van der Waals surface area contributed by atoms with Gasteiger partial charge < -0.3 is 10.1 Å². The fourth-order valence-electron chi connectivity index (χ4n) is 2.33. The summed E-state index contributed by atoms with van der Waals surface area (Å²) in [6.45, 7) is -0.516. The van der Waals surface area contributed by atoms with Crippen LogP contribution in [0.1, 0.15) is 20.7 Å². The molecule has 1 aliphatic heterocycles. The maximum atomic E-state index is 12.5. The van der Waals surface area contributed by atoms with Crippen LogP contribution in [0.3, 0.4) is 0 Å². The topological polar surface area (TPSA) is 92.8 Å². The molecule has 3 amide bonds. The van der Waals surface area contributed by atoms with Crippen LogP contribution < -0.4 is 5.32 Å². The van der Waals surface area contributed by atoms with E-state index >= 15 is 0 Å². The van der Waals surface area contributed by atoms with Crippen LogP contribution in [0.4, 0.5) is 0 Å². The number of fused-ring (bicyclic) bond motifs is 1. The third-order valence-corrected chi connectivity index (χ3v) is 4.12. The van der Waals surface area contributed by atoms with Crippen molar-refractivity contribution in [1.82, 2.24) is 10.2 Å². The van der Waals surface area contributed by atoms with E-state index in [4.69, 9.17) is 11.2 Å². The summed E-state index contributed by atoms with van der Waals surface area (Å²) >= 11 is 1.28. The van der Waals surface area contributed by atoms with E-state index in [9.17, 15) is 19.2 Å². The molecular formula is C17H16N2O5S. The fraction of sp³-hybridized carbons (Fsp3) is 0.294. The monoisotopic (exact) mass is 360 g/mol. The standard InChI is InChI=1S/C17H16N2O5S/c1-3-8-18-14(20)9-24-17(23)13(10-25-2)19-15(21)11-6-4-5-7-12(11)16(19)22/h1,4-7,13H,8-10H2,2H3,(H,18,20)/t13-/m0/s1. The highest BCUT2D eigenvalue weighted by molar-refractivity contribution is 7.98. The molecule has 1 aromatic rings. The Morgan fingerprint density at radius 1 is 1.28 bits per heavy atom. The number of nitrogens with one attached hydrogen (secondary N) is 1. The van der Waals surface area contributed by atoms with Crippen molar-refractivity contribution in [1.29, 1.82) is 0 Å². The van der Waals surface area contributed by atoms with Gasteiger partial charge in [0.2, 0.25) is 0 Å². The summed E-state index contributed by atoms with van der Waals surface area (Å²) in [5.41, 5.74) is 0.497. The third kappa shape index (κ3) is 4.00. The molecule has 25 heavy (non-hydrogen) atoms. The number of benzene rings is 1. The Morgan fingerprint density at radius 3 is 2.40 bits per heavy atom. The van der Waals surface area contributed by atoms with E-state index in [1.165, 1.54) is 23.9 Å². The molecule has 1 N–H and O–H groups in total. The van der Waals surface area contributed by atoms with Crippen molar-refractivity contribution in [3.8, 4) is 12.3 Å². The zero-order valence-electron chi connectivity index (χ0n) is 13.5. The van der Waals surface area contributed by atoms with Gasteiger partial charge in [0.1, 0.15) is 6.04 Å². The predicted octanol–water partition coefficient (Wildman–Crippen LogP) is 0.307. The molecule has 0 bridgehead atoms. The molecule has 0 fully saturated rings. The van der Waals surface area contributed by atoms with E-state index in [-0.39, 0.29) is 23.4 Å². The lowest BCUT2D eigenvalue weighted by atomic mass is 10.1. The van der Waals surface area contributed by atoms with Gasteiger partial charge in [-0.05, 0) is 18.4 Å². The summed E-state index contributed by atoms with van der Waals surface area (Å²) < 4.78 is 4.94. The summed E-state index contributed by atoms with van der Waals surface area (Å²) in [5.74, 6) is -0.0886. The Labute approximate surface area is 149 Å². The quantitative estimate of drug-likeness (QED) is 0.427. The number of hydrogen-bond donors (Lipinski definition) is 1. The molecule has 8 heteroatoms. The molecule has 1 atom stereocenters. The van der Waals surface area contributed by atoms with E-state index in [2.05, 4.69) is 11.2 Å². The number of imide groups is 1. The van der Waals surface area contributed by atoms with Gasteiger partial charge in [-0.2, -0.15) is 11.8 Å². The lowest BCUT2D eigenvalue weighted by Crippen LogP contribution is -2.47. The second kappa shape index (κ2) is 8.35. The number of thioether (sulfide) groups is 1. The number of rotatable bonds is 7. The van der Waals surface area contributed by atoms with Crippen LogP contribution in [0.25, 0.3) is 0 Å². The molecule has 0 spiro atoms. The van der Waals surface area contributed by atoms with Crippen LogP contribution >= 0.6 is 11.8 Å². The molecular weight excluding hydrogens is 344 g/mol. The van der Waals surface area contributed by atoms with Crippen molar-refractivity contribution < 1.29 is 23.9 Å². The highest BCUT2D eigenvalue weighted by Crippen LogP contribution is 2.26. The highest BCUT2D eigenvalue weighted by Gasteiger charge is 2.43. The average molecular weight is 360 g/mol. The summed E-state index contributed by atoms with van der Waals surface area (Å²) in [7, 11) is 0. The SMILES string of the molecule is C#CCNC(=O)COC(=O)[C@H](CSC)N1C(=O)c2ccccc2C1=O. The minimum atomic E-state index is -1.11. The Morgan fingerprint density at radius 2 is 1.88 bits per heavy atom. The summed E-state index contributed by atoms with van der Waals surface area (Å²) in [6.07, 6.45) is 6.75. The second-order valence-corrected chi connectivity index (χ2v) is 6.00.